The summed E-state index contributed by atoms with van der Waals surface area (Å²) in [5.41, 5.74) is 5.86. The summed E-state index contributed by atoms with van der Waals surface area (Å²) in [5.74, 6) is 0.193. The highest BCUT2D eigenvalue weighted by Gasteiger charge is 2.43. The lowest BCUT2D eigenvalue weighted by Crippen LogP contribution is -2.24. The van der Waals surface area contributed by atoms with Crippen molar-refractivity contribution in [3.8, 4) is 0 Å². The molecule has 0 aromatic heterocycles. The van der Waals surface area contributed by atoms with Crippen molar-refractivity contribution in [2.45, 2.75) is 46.5 Å². The quantitative estimate of drug-likeness (QED) is 0.900. The van der Waals surface area contributed by atoms with E-state index in [1.165, 1.54) is 23.6 Å². The number of rotatable bonds is 2. The van der Waals surface area contributed by atoms with Crippen LogP contribution in [-0.2, 0) is 16.0 Å². The Bertz CT molecular complexity index is 672. The van der Waals surface area contributed by atoms with Gasteiger partial charge in [-0.05, 0) is 60.6 Å². The zero-order valence-electron chi connectivity index (χ0n) is 12.9. The van der Waals surface area contributed by atoms with Crippen LogP contribution in [0.4, 0.5) is 5.69 Å². The summed E-state index contributed by atoms with van der Waals surface area (Å²) in [6, 6.07) is 4.02. The van der Waals surface area contributed by atoms with Crippen LogP contribution in [0.25, 0.3) is 5.57 Å². The van der Waals surface area contributed by atoms with Gasteiger partial charge in [0.1, 0.15) is 0 Å². The number of allylic oxidation sites excluding steroid dienone is 2. The number of anilines is 1. The highest BCUT2D eigenvalue weighted by Crippen LogP contribution is 2.54. The summed E-state index contributed by atoms with van der Waals surface area (Å²) in [6.45, 7) is 5.80. The number of carbonyl (C=O) groups excluding carboxylic acids is 2. The third-order valence-corrected chi connectivity index (χ3v) is 5.12. The molecule has 1 aromatic rings. The van der Waals surface area contributed by atoms with E-state index in [1.807, 2.05) is 12.1 Å². The molecule has 1 amide bonds. The Kier molecular flexibility index (Phi) is 3.23. The number of nitrogens with one attached hydrogen (secondary N) is 1. The third kappa shape index (κ3) is 2.11. The fraction of sp³-hybridized carbons (Fsp3) is 0.444. The van der Waals surface area contributed by atoms with Gasteiger partial charge < -0.3 is 5.32 Å². The van der Waals surface area contributed by atoms with Gasteiger partial charge in [0, 0.05) is 24.4 Å². The van der Waals surface area contributed by atoms with Gasteiger partial charge >= 0.3 is 0 Å². The van der Waals surface area contributed by atoms with E-state index < -0.39 is 0 Å². The first kappa shape index (κ1) is 14.1. The molecule has 110 valence electrons. The molecule has 3 heteroatoms. The maximum atomic E-state index is 11.8. The van der Waals surface area contributed by atoms with E-state index in [1.54, 1.807) is 0 Å². The lowest BCUT2D eigenvalue weighted by molar-refractivity contribution is -0.115. The molecule has 0 spiro atoms. The van der Waals surface area contributed by atoms with E-state index in [4.69, 9.17) is 0 Å². The van der Waals surface area contributed by atoms with E-state index >= 15 is 0 Å². The topological polar surface area (TPSA) is 46.2 Å². The van der Waals surface area contributed by atoms with Gasteiger partial charge in [-0.2, -0.15) is 0 Å². The Morgan fingerprint density at radius 1 is 1.38 bits per heavy atom. The first-order chi connectivity index (χ1) is 9.97. The van der Waals surface area contributed by atoms with Crippen LogP contribution in [-0.4, -0.2) is 11.7 Å². The van der Waals surface area contributed by atoms with Crippen molar-refractivity contribution in [3.63, 3.8) is 0 Å². The molecule has 1 N–H and O–H groups in total. The molecular formula is C18H21NO2. The molecule has 1 aromatic carbocycles. The monoisotopic (exact) mass is 283 g/mol. The fourth-order valence-electron chi connectivity index (χ4n) is 3.82. The largest absolute Gasteiger partial charge is 0.326 e. The van der Waals surface area contributed by atoms with Crippen LogP contribution < -0.4 is 5.32 Å². The molecule has 0 bridgehead atoms. The Morgan fingerprint density at radius 2 is 2.14 bits per heavy atom. The second kappa shape index (κ2) is 4.83. The SMILES string of the molecule is CCC12CCC(=O)C=C1c1ccc(NC(C)=O)c(C)c1C2. The lowest BCUT2D eigenvalue weighted by Gasteiger charge is -2.32. The van der Waals surface area contributed by atoms with Crippen LogP contribution in [0.2, 0.25) is 0 Å². The number of ketones is 1. The van der Waals surface area contributed by atoms with Gasteiger partial charge in [-0.1, -0.05) is 13.0 Å². The first-order valence-corrected chi connectivity index (χ1v) is 7.62. The average molecular weight is 283 g/mol. The maximum absolute atomic E-state index is 11.8. The predicted octanol–water partition coefficient (Wildman–Crippen LogP) is 3.65. The van der Waals surface area contributed by atoms with Gasteiger partial charge in [-0.25, -0.2) is 0 Å². The van der Waals surface area contributed by atoms with Gasteiger partial charge in [0.25, 0.3) is 0 Å². The third-order valence-electron chi connectivity index (χ3n) is 5.12. The van der Waals surface area contributed by atoms with Gasteiger partial charge in [-0.3, -0.25) is 9.59 Å². The van der Waals surface area contributed by atoms with Crippen molar-refractivity contribution in [3.05, 3.63) is 34.9 Å². The van der Waals surface area contributed by atoms with Crippen LogP contribution in [0.3, 0.4) is 0 Å². The molecule has 1 unspecified atom stereocenters. The molecule has 0 fully saturated rings. The average Bonchev–Trinajstić information content (AvgIpc) is 2.77. The summed E-state index contributed by atoms with van der Waals surface area (Å²) >= 11 is 0. The minimum atomic E-state index is -0.0481. The molecule has 0 saturated carbocycles. The van der Waals surface area contributed by atoms with E-state index in [9.17, 15) is 9.59 Å². The second-order valence-corrected chi connectivity index (χ2v) is 6.28. The molecule has 0 aliphatic heterocycles. The summed E-state index contributed by atoms with van der Waals surface area (Å²) in [5, 5.41) is 2.90. The molecule has 3 rings (SSSR count). The molecule has 21 heavy (non-hydrogen) atoms. The number of fused-ring (bicyclic) bond motifs is 3. The van der Waals surface area contributed by atoms with Crippen LogP contribution in [0, 0.1) is 12.3 Å². The zero-order valence-corrected chi connectivity index (χ0v) is 12.9. The van der Waals surface area contributed by atoms with Crippen molar-refractivity contribution in [2.75, 3.05) is 5.32 Å². The van der Waals surface area contributed by atoms with Crippen LogP contribution in [0.15, 0.2) is 18.2 Å². The van der Waals surface area contributed by atoms with Crippen molar-refractivity contribution >= 4 is 23.0 Å². The normalized spacial score (nSPS) is 23.4. The highest BCUT2D eigenvalue weighted by atomic mass is 16.1. The minimum Gasteiger partial charge on any atom is -0.326 e. The molecule has 0 heterocycles. The maximum Gasteiger partial charge on any atom is 0.221 e. The first-order valence-electron chi connectivity index (χ1n) is 7.62. The molecule has 2 aliphatic carbocycles. The molecule has 1 atom stereocenters. The van der Waals surface area contributed by atoms with Crippen LogP contribution in [0.1, 0.15) is 49.8 Å². The molecule has 3 nitrogen and oxygen atoms in total. The number of benzene rings is 1. The highest BCUT2D eigenvalue weighted by molar-refractivity contribution is 6.02. The molecule has 0 saturated heterocycles. The van der Waals surface area contributed by atoms with Gasteiger partial charge in [0.05, 0.1) is 0 Å². The summed E-state index contributed by atoms with van der Waals surface area (Å²) in [4.78, 5) is 23.1. The van der Waals surface area contributed by atoms with E-state index in [0.717, 1.165) is 30.5 Å². The van der Waals surface area contributed by atoms with Crippen molar-refractivity contribution in [1.29, 1.82) is 0 Å². The Labute approximate surface area is 125 Å². The standard InChI is InChI=1S/C18H21NO2/c1-4-18-8-7-13(21)9-16(18)14-5-6-17(19-12(3)20)11(2)15(14)10-18/h5-6,9H,4,7-8,10H2,1-3H3,(H,19,20). The smallest absolute Gasteiger partial charge is 0.221 e. The summed E-state index contributed by atoms with van der Waals surface area (Å²) in [6.07, 6.45) is 5.49. The lowest BCUT2D eigenvalue weighted by atomic mass is 9.71. The van der Waals surface area contributed by atoms with Gasteiger partial charge in [-0.15, -0.1) is 0 Å². The summed E-state index contributed by atoms with van der Waals surface area (Å²) in [7, 11) is 0. The fourth-order valence-corrected chi connectivity index (χ4v) is 3.82. The predicted molar refractivity (Wildman–Crippen MR) is 84.1 cm³/mol. The molecule has 2 aliphatic rings. The Hall–Kier alpha value is -1.90. The zero-order chi connectivity index (χ0) is 15.2. The molecular weight excluding hydrogens is 262 g/mol. The number of hydrogen-bond donors (Lipinski definition) is 1. The Balaban J connectivity index is 2.13. The van der Waals surface area contributed by atoms with E-state index in [0.29, 0.717) is 6.42 Å². The van der Waals surface area contributed by atoms with E-state index in [-0.39, 0.29) is 17.1 Å². The number of carbonyl (C=O) groups is 2. The van der Waals surface area contributed by atoms with Gasteiger partial charge in [0.15, 0.2) is 5.78 Å². The number of hydrogen-bond acceptors (Lipinski definition) is 2. The molecule has 0 radical (unpaired) electrons. The Morgan fingerprint density at radius 3 is 2.81 bits per heavy atom. The number of amides is 1. The van der Waals surface area contributed by atoms with Crippen molar-refractivity contribution < 1.29 is 9.59 Å². The minimum absolute atomic E-state index is 0.0481. The van der Waals surface area contributed by atoms with E-state index in [2.05, 4.69) is 25.2 Å². The summed E-state index contributed by atoms with van der Waals surface area (Å²) < 4.78 is 0. The van der Waals surface area contributed by atoms with Gasteiger partial charge in [0.2, 0.25) is 5.91 Å². The second-order valence-electron chi connectivity index (χ2n) is 6.28. The van der Waals surface area contributed by atoms with Crippen molar-refractivity contribution in [2.24, 2.45) is 5.41 Å². The van der Waals surface area contributed by atoms with Crippen LogP contribution in [0.5, 0.6) is 0 Å². The van der Waals surface area contributed by atoms with Crippen molar-refractivity contribution in [1.82, 2.24) is 0 Å². The van der Waals surface area contributed by atoms with Crippen LogP contribution >= 0.6 is 0 Å².